The van der Waals surface area contributed by atoms with Crippen LogP contribution in [0.2, 0.25) is 0 Å². The lowest BCUT2D eigenvalue weighted by molar-refractivity contribution is 0.185. The molecule has 1 unspecified atom stereocenters. The van der Waals surface area contributed by atoms with Gasteiger partial charge in [0.25, 0.3) is 0 Å². The molecule has 0 saturated carbocycles. The number of para-hydroxylation sites is 1. The fourth-order valence-electron chi connectivity index (χ4n) is 3.40. The Balaban J connectivity index is 1.68. The van der Waals surface area contributed by atoms with E-state index in [2.05, 4.69) is 66.7 Å². The molecule has 3 nitrogen and oxygen atoms in total. The molecule has 3 aromatic rings. The maximum Gasteiger partial charge on any atom is 0.0515 e. The fraction of sp³-hybridized carbons (Fsp3) is 0.364. The SMILES string of the molecule is Cc1ccc(NCCc2c[nH]c3c(CCC(C)O)cccc23)c(C)c1. The summed E-state index contributed by atoms with van der Waals surface area (Å²) in [5.74, 6) is 0. The molecule has 0 bridgehead atoms. The van der Waals surface area contributed by atoms with Crippen LogP contribution in [0.15, 0.2) is 42.6 Å². The topological polar surface area (TPSA) is 48.0 Å². The maximum absolute atomic E-state index is 9.54. The highest BCUT2D eigenvalue weighted by molar-refractivity contribution is 5.86. The van der Waals surface area contributed by atoms with Crippen molar-refractivity contribution in [3.05, 3.63) is 64.8 Å². The van der Waals surface area contributed by atoms with E-state index in [1.54, 1.807) is 0 Å². The van der Waals surface area contributed by atoms with Gasteiger partial charge in [-0.1, -0.05) is 35.9 Å². The largest absolute Gasteiger partial charge is 0.393 e. The molecule has 0 saturated heterocycles. The molecular formula is C22H28N2O. The second-order valence-electron chi connectivity index (χ2n) is 7.04. The molecular weight excluding hydrogens is 308 g/mol. The molecule has 2 aromatic carbocycles. The number of rotatable bonds is 7. The average Bonchev–Trinajstić information content (AvgIpc) is 2.99. The number of aryl methyl sites for hydroxylation is 3. The predicted octanol–water partition coefficient (Wildman–Crippen LogP) is 4.75. The van der Waals surface area contributed by atoms with E-state index in [0.29, 0.717) is 0 Å². The van der Waals surface area contributed by atoms with Crippen LogP contribution in [-0.2, 0) is 12.8 Å². The lowest BCUT2D eigenvalue weighted by atomic mass is 10.0. The van der Waals surface area contributed by atoms with Crippen molar-refractivity contribution < 1.29 is 5.11 Å². The molecule has 0 spiro atoms. The van der Waals surface area contributed by atoms with Crippen LogP contribution >= 0.6 is 0 Å². The van der Waals surface area contributed by atoms with Crippen LogP contribution in [0.1, 0.15) is 35.6 Å². The molecule has 0 amide bonds. The standard InChI is InChI=1S/C22H28N2O/c1-15-7-10-21(16(2)13-15)23-12-11-19-14-24-22-18(9-8-17(3)25)5-4-6-20(19)22/h4-7,10,13-14,17,23-25H,8-9,11-12H2,1-3H3. The summed E-state index contributed by atoms with van der Waals surface area (Å²) in [6.45, 7) is 7.03. The number of aromatic amines is 1. The average molecular weight is 336 g/mol. The Kier molecular flexibility index (Phi) is 5.44. The molecule has 132 valence electrons. The molecule has 25 heavy (non-hydrogen) atoms. The van der Waals surface area contributed by atoms with Gasteiger partial charge in [0.1, 0.15) is 0 Å². The van der Waals surface area contributed by atoms with E-state index in [4.69, 9.17) is 0 Å². The van der Waals surface area contributed by atoms with E-state index in [1.807, 2.05) is 6.92 Å². The Hall–Kier alpha value is -2.26. The van der Waals surface area contributed by atoms with Crippen molar-refractivity contribution in [3.63, 3.8) is 0 Å². The summed E-state index contributed by atoms with van der Waals surface area (Å²) in [5.41, 5.74) is 7.63. The van der Waals surface area contributed by atoms with E-state index in [0.717, 1.165) is 25.8 Å². The minimum atomic E-state index is -0.258. The number of fused-ring (bicyclic) bond motifs is 1. The molecule has 0 aliphatic rings. The molecule has 1 atom stereocenters. The number of benzene rings is 2. The van der Waals surface area contributed by atoms with Crippen molar-refractivity contribution in [2.24, 2.45) is 0 Å². The van der Waals surface area contributed by atoms with Crippen molar-refractivity contribution in [3.8, 4) is 0 Å². The Labute approximate surface area is 150 Å². The molecule has 3 N–H and O–H groups in total. The van der Waals surface area contributed by atoms with Crippen molar-refractivity contribution in [1.82, 2.24) is 4.98 Å². The second kappa shape index (κ2) is 7.75. The Morgan fingerprint density at radius 1 is 1.08 bits per heavy atom. The summed E-state index contributed by atoms with van der Waals surface area (Å²) in [7, 11) is 0. The minimum absolute atomic E-state index is 0.258. The maximum atomic E-state index is 9.54. The second-order valence-corrected chi connectivity index (χ2v) is 7.04. The summed E-state index contributed by atoms with van der Waals surface area (Å²) in [6, 6.07) is 13.0. The van der Waals surface area contributed by atoms with Crippen LogP contribution in [0.5, 0.6) is 0 Å². The molecule has 0 aliphatic heterocycles. The highest BCUT2D eigenvalue weighted by atomic mass is 16.3. The van der Waals surface area contributed by atoms with Crippen molar-refractivity contribution in [2.75, 3.05) is 11.9 Å². The molecule has 1 heterocycles. The van der Waals surface area contributed by atoms with Gasteiger partial charge in [-0.2, -0.15) is 0 Å². The van der Waals surface area contributed by atoms with Crippen LogP contribution in [0.3, 0.4) is 0 Å². The van der Waals surface area contributed by atoms with Gasteiger partial charge >= 0.3 is 0 Å². The first-order valence-corrected chi connectivity index (χ1v) is 9.11. The highest BCUT2D eigenvalue weighted by Gasteiger charge is 2.08. The number of aliphatic hydroxyl groups is 1. The third-order valence-electron chi connectivity index (χ3n) is 4.81. The molecule has 3 rings (SSSR count). The van der Waals surface area contributed by atoms with Crippen LogP contribution in [-0.4, -0.2) is 22.7 Å². The normalized spacial score (nSPS) is 12.5. The third kappa shape index (κ3) is 4.23. The van der Waals surface area contributed by atoms with Crippen LogP contribution < -0.4 is 5.32 Å². The quantitative estimate of drug-likeness (QED) is 0.583. The molecule has 0 radical (unpaired) electrons. The van der Waals surface area contributed by atoms with Gasteiger partial charge in [0, 0.05) is 29.3 Å². The number of aromatic nitrogens is 1. The van der Waals surface area contributed by atoms with Gasteiger partial charge in [-0.3, -0.25) is 0 Å². The van der Waals surface area contributed by atoms with Gasteiger partial charge in [-0.05, 0) is 62.8 Å². The van der Waals surface area contributed by atoms with E-state index >= 15 is 0 Å². The number of H-pyrrole nitrogens is 1. The number of hydrogen-bond acceptors (Lipinski definition) is 2. The van der Waals surface area contributed by atoms with Crippen molar-refractivity contribution in [2.45, 2.75) is 46.1 Å². The third-order valence-corrected chi connectivity index (χ3v) is 4.81. The molecule has 0 fully saturated rings. The van der Waals surface area contributed by atoms with Gasteiger partial charge in [-0.25, -0.2) is 0 Å². The monoisotopic (exact) mass is 336 g/mol. The molecule has 3 heteroatoms. The van der Waals surface area contributed by atoms with Crippen LogP contribution in [0.4, 0.5) is 5.69 Å². The van der Waals surface area contributed by atoms with Crippen LogP contribution in [0.25, 0.3) is 10.9 Å². The fourth-order valence-corrected chi connectivity index (χ4v) is 3.40. The Morgan fingerprint density at radius 2 is 1.92 bits per heavy atom. The Bertz CT molecular complexity index is 848. The van der Waals surface area contributed by atoms with Gasteiger partial charge in [0.15, 0.2) is 0 Å². The Morgan fingerprint density at radius 3 is 2.68 bits per heavy atom. The molecule has 0 aliphatic carbocycles. The summed E-state index contributed by atoms with van der Waals surface area (Å²) in [6.07, 6.45) is 4.54. The first-order chi connectivity index (χ1) is 12.0. The number of hydrogen-bond donors (Lipinski definition) is 3. The molecule has 1 aromatic heterocycles. The summed E-state index contributed by atoms with van der Waals surface area (Å²) >= 11 is 0. The highest BCUT2D eigenvalue weighted by Crippen LogP contribution is 2.24. The predicted molar refractivity (Wildman–Crippen MR) is 106 cm³/mol. The summed E-state index contributed by atoms with van der Waals surface area (Å²) in [5, 5.41) is 14.4. The number of aliphatic hydroxyl groups excluding tert-OH is 1. The zero-order valence-electron chi connectivity index (χ0n) is 15.4. The van der Waals surface area contributed by atoms with E-state index in [1.165, 1.54) is 38.8 Å². The van der Waals surface area contributed by atoms with Gasteiger partial charge < -0.3 is 15.4 Å². The summed E-state index contributed by atoms with van der Waals surface area (Å²) < 4.78 is 0. The first-order valence-electron chi connectivity index (χ1n) is 9.11. The number of anilines is 1. The zero-order valence-corrected chi connectivity index (χ0v) is 15.4. The van der Waals surface area contributed by atoms with Crippen molar-refractivity contribution >= 4 is 16.6 Å². The smallest absolute Gasteiger partial charge is 0.0515 e. The van der Waals surface area contributed by atoms with Gasteiger partial charge in [0.05, 0.1) is 6.10 Å². The summed E-state index contributed by atoms with van der Waals surface area (Å²) in [4.78, 5) is 3.44. The van der Waals surface area contributed by atoms with E-state index in [9.17, 15) is 5.11 Å². The first kappa shape index (κ1) is 17.6. The van der Waals surface area contributed by atoms with E-state index in [-0.39, 0.29) is 6.10 Å². The lowest BCUT2D eigenvalue weighted by Crippen LogP contribution is -2.06. The minimum Gasteiger partial charge on any atom is -0.393 e. The zero-order chi connectivity index (χ0) is 17.8. The number of nitrogens with one attached hydrogen (secondary N) is 2. The van der Waals surface area contributed by atoms with Crippen LogP contribution in [0, 0.1) is 13.8 Å². The van der Waals surface area contributed by atoms with Gasteiger partial charge in [0.2, 0.25) is 0 Å². The lowest BCUT2D eigenvalue weighted by Gasteiger charge is -2.10. The van der Waals surface area contributed by atoms with E-state index < -0.39 is 0 Å². The van der Waals surface area contributed by atoms with Gasteiger partial charge in [-0.15, -0.1) is 0 Å². The van der Waals surface area contributed by atoms with Crippen molar-refractivity contribution in [1.29, 1.82) is 0 Å².